The van der Waals surface area contributed by atoms with E-state index >= 15 is 0 Å². The molecule has 3 aromatic carbocycles. The third-order valence-electron chi connectivity index (χ3n) is 6.38. The molecule has 1 atom stereocenters. The molecular formula is C27H27NO4. The topological polar surface area (TPSA) is 66.8 Å². The highest BCUT2D eigenvalue weighted by Gasteiger charge is 2.48. The van der Waals surface area contributed by atoms with Gasteiger partial charge < -0.3 is 14.7 Å². The van der Waals surface area contributed by atoms with Gasteiger partial charge in [-0.2, -0.15) is 0 Å². The van der Waals surface area contributed by atoms with Crippen molar-refractivity contribution in [2.75, 3.05) is 13.7 Å². The van der Waals surface area contributed by atoms with Crippen molar-refractivity contribution >= 4 is 11.9 Å². The molecule has 1 aliphatic rings. The van der Waals surface area contributed by atoms with Crippen molar-refractivity contribution < 1.29 is 19.4 Å². The Bertz CT molecular complexity index is 1120. The number of aliphatic hydroxyl groups is 1. The first-order valence-electron chi connectivity index (χ1n) is 10.8. The zero-order chi connectivity index (χ0) is 22.9. The molecule has 1 N–H and O–H groups in total. The average molecular weight is 430 g/mol. The third kappa shape index (κ3) is 3.30. The van der Waals surface area contributed by atoms with Crippen molar-refractivity contribution in [1.82, 2.24) is 4.90 Å². The van der Waals surface area contributed by atoms with Crippen molar-refractivity contribution in [3.8, 4) is 11.1 Å². The normalized spacial score (nSPS) is 14.2. The number of fused-ring (bicyclic) bond motifs is 3. The Morgan fingerprint density at radius 3 is 1.91 bits per heavy atom. The molecule has 164 valence electrons. The molecule has 1 aliphatic carbocycles. The lowest BCUT2D eigenvalue weighted by Crippen LogP contribution is -2.43. The summed E-state index contributed by atoms with van der Waals surface area (Å²) < 4.78 is 5.10. The molecule has 0 aliphatic heterocycles. The van der Waals surface area contributed by atoms with Crippen molar-refractivity contribution in [3.63, 3.8) is 0 Å². The van der Waals surface area contributed by atoms with Gasteiger partial charge in [0.05, 0.1) is 18.1 Å². The summed E-state index contributed by atoms with van der Waals surface area (Å²) in [7, 11) is 1.36. The summed E-state index contributed by atoms with van der Waals surface area (Å²) in [6.07, 6.45) is -0.833. The van der Waals surface area contributed by atoms with Gasteiger partial charge in [-0.25, -0.2) is 4.79 Å². The first-order valence-corrected chi connectivity index (χ1v) is 10.8. The van der Waals surface area contributed by atoms with Gasteiger partial charge in [-0.15, -0.1) is 0 Å². The molecule has 0 saturated carbocycles. The molecule has 0 radical (unpaired) electrons. The van der Waals surface area contributed by atoms with Crippen LogP contribution in [0, 0.1) is 0 Å². The zero-order valence-corrected chi connectivity index (χ0v) is 18.5. The summed E-state index contributed by atoms with van der Waals surface area (Å²) in [5, 5.41) is 10.2. The summed E-state index contributed by atoms with van der Waals surface area (Å²) in [6.45, 7) is 3.82. The van der Waals surface area contributed by atoms with Crippen LogP contribution >= 0.6 is 0 Å². The van der Waals surface area contributed by atoms with Crippen LogP contribution in [0.3, 0.4) is 0 Å². The fourth-order valence-electron chi connectivity index (χ4n) is 5.02. The molecule has 0 heterocycles. The quantitative estimate of drug-likeness (QED) is 0.467. The zero-order valence-electron chi connectivity index (χ0n) is 18.5. The van der Waals surface area contributed by atoms with Gasteiger partial charge in [0.25, 0.3) is 0 Å². The van der Waals surface area contributed by atoms with Crippen molar-refractivity contribution in [2.45, 2.75) is 31.9 Å². The number of carbonyl (C=O) groups is 2. The number of rotatable bonds is 6. The van der Waals surface area contributed by atoms with Crippen LogP contribution in [0.2, 0.25) is 0 Å². The number of carbonyl (C=O) groups excluding carboxylic acids is 2. The summed E-state index contributed by atoms with van der Waals surface area (Å²) >= 11 is 0. The standard InChI is InChI=1S/C27H27NO4/c1-4-28(18(2)29)25(30)17-27(24-16-10-7-13-21(24)26(31)32-3)22-14-8-5-11-19(22)20-12-6-9-15-23(20)27/h5-16,18,29H,4,17H2,1-3H3. The average Bonchev–Trinajstić information content (AvgIpc) is 3.09. The largest absolute Gasteiger partial charge is 0.465 e. The maximum atomic E-state index is 13.6. The fraction of sp³-hybridized carbons (Fsp3) is 0.259. The molecular weight excluding hydrogens is 402 g/mol. The predicted molar refractivity (Wildman–Crippen MR) is 123 cm³/mol. The number of nitrogens with zero attached hydrogens (tertiary/aromatic N) is 1. The highest BCUT2D eigenvalue weighted by molar-refractivity contribution is 5.95. The Morgan fingerprint density at radius 1 is 0.906 bits per heavy atom. The Hall–Kier alpha value is -3.44. The Morgan fingerprint density at radius 2 is 1.41 bits per heavy atom. The van der Waals surface area contributed by atoms with Crippen LogP contribution in [-0.4, -0.2) is 41.8 Å². The summed E-state index contributed by atoms with van der Waals surface area (Å²) in [5.41, 5.74) is 4.26. The van der Waals surface area contributed by atoms with E-state index < -0.39 is 17.6 Å². The Kier molecular flexibility index (Phi) is 5.85. The molecule has 1 unspecified atom stereocenters. The van der Waals surface area contributed by atoms with Gasteiger partial charge in [0, 0.05) is 13.0 Å². The number of esters is 1. The van der Waals surface area contributed by atoms with Crippen molar-refractivity contribution in [1.29, 1.82) is 0 Å². The van der Waals surface area contributed by atoms with Gasteiger partial charge in [0.1, 0.15) is 6.23 Å². The molecule has 5 nitrogen and oxygen atoms in total. The Balaban J connectivity index is 2.05. The van der Waals surface area contributed by atoms with E-state index in [2.05, 4.69) is 0 Å². The fourth-order valence-corrected chi connectivity index (χ4v) is 5.02. The van der Waals surface area contributed by atoms with Gasteiger partial charge in [-0.1, -0.05) is 66.7 Å². The molecule has 4 rings (SSSR count). The van der Waals surface area contributed by atoms with Gasteiger partial charge in [0.15, 0.2) is 0 Å². The van der Waals surface area contributed by atoms with Gasteiger partial charge >= 0.3 is 5.97 Å². The first-order chi connectivity index (χ1) is 15.5. The molecule has 0 bridgehead atoms. The minimum Gasteiger partial charge on any atom is -0.465 e. The predicted octanol–water partition coefficient (Wildman–Crippen LogP) is 4.36. The van der Waals surface area contributed by atoms with Crippen LogP contribution in [0.15, 0.2) is 72.8 Å². The number of benzene rings is 3. The molecule has 0 spiro atoms. The van der Waals surface area contributed by atoms with E-state index in [1.165, 1.54) is 12.0 Å². The number of hydrogen-bond donors (Lipinski definition) is 1. The molecule has 32 heavy (non-hydrogen) atoms. The van der Waals surface area contributed by atoms with Crippen LogP contribution in [0.1, 0.15) is 47.3 Å². The second-order valence-electron chi connectivity index (χ2n) is 8.02. The van der Waals surface area contributed by atoms with Gasteiger partial charge in [-0.05, 0) is 47.7 Å². The maximum Gasteiger partial charge on any atom is 0.338 e. The van der Waals surface area contributed by atoms with Crippen molar-refractivity contribution in [3.05, 3.63) is 95.1 Å². The van der Waals surface area contributed by atoms with E-state index in [4.69, 9.17) is 4.74 Å². The lowest BCUT2D eigenvalue weighted by molar-refractivity contribution is -0.140. The lowest BCUT2D eigenvalue weighted by atomic mass is 9.68. The van der Waals surface area contributed by atoms with E-state index in [-0.39, 0.29) is 12.3 Å². The first kappa shape index (κ1) is 21.8. The molecule has 1 amide bonds. The summed E-state index contributed by atoms with van der Waals surface area (Å²) in [6, 6.07) is 23.3. The van der Waals surface area contributed by atoms with Crippen LogP contribution in [0.4, 0.5) is 0 Å². The summed E-state index contributed by atoms with van der Waals surface area (Å²) in [5.74, 6) is -0.633. The minimum atomic E-state index is -0.910. The molecule has 5 heteroatoms. The van der Waals surface area contributed by atoms with Crippen LogP contribution in [0.5, 0.6) is 0 Å². The van der Waals surface area contributed by atoms with E-state index in [0.717, 1.165) is 27.8 Å². The monoisotopic (exact) mass is 429 g/mol. The number of methoxy groups -OCH3 is 1. The minimum absolute atomic E-state index is 0.0772. The van der Waals surface area contributed by atoms with E-state index in [0.29, 0.717) is 12.1 Å². The smallest absolute Gasteiger partial charge is 0.338 e. The van der Waals surface area contributed by atoms with Crippen LogP contribution in [0.25, 0.3) is 11.1 Å². The van der Waals surface area contributed by atoms with Gasteiger partial charge in [-0.3, -0.25) is 4.79 Å². The maximum absolute atomic E-state index is 13.6. The molecule has 0 fully saturated rings. The number of amides is 1. The highest BCUT2D eigenvalue weighted by Crippen LogP contribution is 2.55. The van der Waals surface area contributed by atoms with Crippen LogP contribution < -0.4 is 0 Å². The van der Waals surface area contributed by atoms with Crippen LogP contribution in [-0.2, 0) is 14.9 Å². The molecule has 3 aromatic rings. The van der Waals surface area contributed by atoms with E-state index in [1.54, 1.807) is 19.1 Å². The third-order valence-corrected chi connectivity index (χ3v) is 6.38. The lowest BCUT2D eigenvalue weighted by Gasteiger charge is -2.36. The molecule has 0 aromatic heterocycles. The SMILES string of the molecule is CCN(C(=O)CC1(c2ccccc2C(=O)OC)c2ccccc2-c2ccccc21)C(C)O. The van der Waals surface area contributed by atoms with E-state index in [9.17, 15) is 14.7 Å². The van der Waals surface area contributed by atoms with Gasteiger partial charge in [0.2, 0.25) is 5.91 Å². The Labute approximate surface area is 188 Å². The van der Waals surface area contributed by atoms with Crippen molar-refractivity contribution in [2.24, 2.45) is 0 Å². The number of hydrogen-bond acceptors (Lipinski definition) is 4. The molecule has 0 saturated heterocycles. The van der Waals surface area contributed by atoms with E-state index in [1.807, 2.05) is 67.6 Å². The number of aliphatic hydroxyl groups excluding tert-OH is 1. The highest BCUT2D eigenvalue weighted by atomic mass is 16.5. The second kappa shape index (κ2) is 8.60. The number of ether oxygens (including phenoxy) is 1. The second-order valence-corrected chi connectivity index (χ2v) is 8.02. The summed E-state index contributed by atoms with van der Waals surface area (Å²) in [4.78, 5) is 27.8.